The van der Waals surface area contributed by atoms with Gasteiger partial charge in [0.25, 0.3) is 0 Å². The summed E-state index contributed by atoms with van der Waals surface area (Å²) in [6, 6.07) is 0.829. The van der Waals surface area contributed by atoms with Gasteiger partial charge < -0.3 is 22.8 Å². The second-order valence-electron chi connectivity index (χ2n) is 6.93. The molecule has 0 fully saturated rings. The molecule has 1 N–H and O–H groups in total. The first kappa shape index (κ1) is 29.7. The fourth-order valence-electron chi connectivity index (χ4n) is 3.64. The second kappa shape index (κ2) is 18.3. The van der Waals surface area contributed by atoms with E-state index in [-0.39, 0.29) is 0 Å². The van der Waals surface area contributed by atoms with Crippen LogP contribution in [-0.4, -0.2) is 78.8 Å². The van der Waals surface area contributed by atoms with Gasteiger partial charge in [-0.05, 0) is 67.1 Å². The highest BCUT2D eigenvalue weighted by Gasteiger charge is 2.39. The minimum absolute atomic E-state index is 0.613. The molecule has 0 unspecified atom stereocenters. The molecule has 180 valence electrons. The standard InChI is InChI=1S/C22H48N2O5Si/c1-8-18-24(19-15-17-22(23-9-2,25-10-3)26-11-4)20-16-21-30(27-12-5,28-13-6)29-14-7/h8,23H,1,9-21H2,2-7H3. The molecule has 0 saturated heterocycles. The highest BCUT2D eigenvalue weighted by molar-refractivity contribution is 6.60. The molecule has 8 heteroatoms. The summed E-state index contributed by atoms with van der Waals surface area (Å²) in [4.78, 5) is 2.41. The van der Waals surface area contributed by atoms with Crippen LogP contribution in [0.15, 0.2) is 12.7 Å². The number of rotatable bonds is 22. The van der Waals surface area contributed by atoms with Crippen LogP contribution in [0.2, 0.25) is 6.04 Å². The molecule has 0 rings (SSSR count). The van der Waals surface area contributed by atoms with Crippen molar-refractivity contribution in [2.75, 3.05) is 59.2 Å². The van der Waals surface area contributed by atoms with Crippen LogP contribution in [0.5, 0.6) is 0 Å². The summed E-state index contributed by atoms with van der Waals surface area (Å²) in [6.45, 7) is 22.6. The van der Waals surface area contributed by atoms with Crippen LogP contribution in [0.25, 0.3) is 0 Å². The van der Waals surface area contributed by atoms with Crippen molar-refractivity contribution in [1.82, 2.24) is 10.2 Å². The lowest BCUT2D eigenvalue weighted by atomic mass is 10.2. The maximum absolute atomic E-state index is 5.97. The van der Waals surface area contributed by atoms with Gasteiger partial charge in [0.1, 0.15) is 0 Å². The topological polar surface area (TPSA) is 61.4 Å². The summed E-state index contributed by atoms with van der Waals surface area (Å²) in [5.74, 6) is -0.695. The van der Waals surface area contributed by atoms with E-state index in [1.807, 2.05) is 40.7 Å². The number of nitrogens with one attached hydrogen (secondary N) is 1. The molecular formula is C22H48N2O5Si. The molecule has 0 spiro atoms. The van der Waals surface area contributed by atoms with Crippen LogP contribution in [0.3, 0.4) is 0 Å². The fraction of sp³-hybridized carbons (Fsp3) is 0.909. The highest BCUT2D eigenvalue weighted by Crippen LogP contribution is 2.20. The molecule has 0 bridgehead atoms. The minimum Gasteiger partial charge on any atom is -0.374 e. The van der Waals surface area contributed by atoms with Gasteiger partial charge in [0.2, 0.25) is 5.91 Å². The molecule has 0 aromatic rings. The molecule has 0 amide bonds. The van der Waals surface area contributed by atoms with Crippen LogP contribution >= 0.6 is 0 Å². The Kier molecular flexibility index (Phi) is 18.1. The Balaban J connectivity index is 4.78. The number of nitrogens with zero attached hydrogens (tertiary/aromatic N) is 1. The Labute approximate surface area is 186 Å². The van der Waals surface area contributed by atoms with Crippen molar-refractivity contribution in [3.63, 3.8) is 0 Å². The second-order valence-corrected chi connectivity index (χ2v) is 9.66. The van der Waals surface area contributed by atoms with E-state index in [1.165, 1.54) is 0 Å². The molecule has 0 aliphatic carbocycles. The molecule has 30 heavy (non-hydrogen) atoms. The van der Waals surface area contributed by atoms with Crippen molar-refractivity contribution in [1.29, 1.82) is 0 Å². The minimum atomic E-state index is -2.58. The van der Waals surface area contributed by atoms with E-state index in [9.17, 15) is 0 Å². The van der Waals surface area contributed by atoms with Gasteiger partial charge in [-0.3, -0.25) is 10.2 Å². The quantitative estimate of drug-likeness (QED) is 0.152. The smallest absolute Gasteiger partial charge is 0.374 e. The molecule has 0 atom stereocenters. The summed E-state index contributed by atoms with van der Waals surface area (Å²) in [5.41, 5.74) is 0. The van der Waals surface area contributed by atoms with E-state index >= 15 is 0 Å². The van der Waals surface area contributed by atoms with E-state index in [4.69, 9.17) is 22.8 Å². The Morgan fingerprint density at radius 2 is 1.37 bits per heavy atom. The van der Waals surface area contributed by atoms with Gasteiger partial charge in [-0.1, -0.05) is 13.0 Å². The summed E-state index contributed by atoms with van der Waals surface area (Å²) < 4.78 is 29.8. The Bertz CT molecular complexity index is 349. The van der Waals surface area contributed by atoms with Crippen molar-refractivity contribution in [2.24, 2.45) is 0 Å². The highest BCUT2D eigenvalue weighted by atomic mass is 28.4. The zero-order chi connectivity index (χ0) is 22.7. The van der Waals surface area contributed by atoms with Crippen LogP contribution in [0, 0.1) is 0 Å². The molecule has 0 aromatic carbocycles. The van der Waals surface area contributed by atoms with Crippen molar-refractivity contribution >= 4 is 8.80 Å². The number of hydrogen-bond donors (Lipinski definition) is 1. The molecule has 0 heterocycles. The Morgan fingerprint density at radius 3 is 1.80 bits per heavy atom. The Morgan fingerprint density at radius 1 is 0.833 bits per heavy atom. The summed E-state index contributed by atoms with van der Waals surface area (Å²) in [5, 5.41) is 3.38. The van der Waals surface area contributed by atoms with Crippen molar-refractivity contribution < 1.29 is 22.8 Å². The lowest BCUT2D eigenvalue weighted by Gasteiger charge is -2.34. The first-order valence-corrected chi connectivity index (χ1v) is 13.7. The van der Waals surface area contributed by atoms with Gasteiger partial charge in [0.05, 0.1) is 0 Å². The van der Waals surface area contributed by atoms with Crippen LogP contribution in [-0.2, 0) is 22.8 Å². The fourth-order valence-corrected chi connectivity index (χ4v) is 6.24. The zero-order valence-corrected chi connectivity index (χ0v) is 21.5. The predicted octanol–water partition coefficient (Wildman–Crippen LogP) is 4.03. The lowest BCUT2D eigenvalue weighted by molar-refractivity contribution is -0.256. The average Bonchev–Trinajstić information content (AvgIpc) is 2.69. The van der Waals surface area contributed by atoms with Gasteiger partial charge in [-0.25, -0.2) is 0 Å². The molecule has 7 nitrogen and oxygen atoms in total. The summed E-state index contributed by atoms with van der Waals surface area (Å²) in [7, 11) is -2.58. The first-order chi connectivity index (χ1) is 14.5. The van der Waals surface area contributed by atoms with Gasteiger partial charge >= 0.3 is 8.80 Å². The largest absolute Gasteiger partial charge is 0.500 e. The zero-order valence-electron chi connectivity index (χ0n) is 20.5. The number of ether oxygens (including phenoxy) is 2. The van der Waals surface area contributed by atoms with E-state index in [2.05, 4.69) is 23.7 Å². The maximum atomic E-state index is 5.97. The maximum Gasteiger partial charge on any atom is 0.500 e. The monoisotopic (exact) mass is 448 g/mol. The third kappa shape index (κ3) is 11.9. The number of hydrogen-bond acceptors (Lipinski definition) is 7. The normalized spacial score (nSPS) is 12.6. The van der Waals surface area contributed by atoms with E-state index in [0.29, 0.717) is 33.0 Å². The van der Waals surface area contributed by atoms with Crippen LogP contribution in [0.1, 0.15) is 60.8 Å². The van der Waals surface area contributed by atoms with Crippen molar-refractivity contribution in [3.8, 4) is 0 Å². The molecule has 0 aliphatic rings. The molecule has 0 aromatic heterocycles. The van der Waals surface area contributed by atoms with Crippen molar-refractivity contribution in [3.05, 3.63) is 12.7 Å². The van der Waals surface area contributed by atoms with Crippen LogP contribution < -0.4 is 5.32 Å². The van der Waals surface area contributed by atoms with Gasteiger partial charge in [0.15, 0.2) is 0 Å². The van der Waals surface area contributed by atoms with Crippen LogP contribution in [0.4, 0.5) is 0 Å². The van der Waals surface area contributed by atoms with E-state index in [1.54, 1.807) is 0 Å². The molecule has 0 saturated carbocycles. The van der Waals surface area contributed by atoms with Gasteiger partial charge in [-0.15, -0.1) is 6.58 Å². The lowest BCUT2D eigenvalue weighted by Crippen LogP contribution is -2.50. The summed E-state index contributed by atoms with van der Waals surface area (Å²) in [6.07, 6.45) is 4.69. The predicted molar refractivity (Wildman–Crippen MR) is 126 cm³/mol. The van der Waals surface area contributed by atoms with Gasteiger partial charge in [-0.2, -0.15) is 0 Å². The van der Waals surface area contributed by atoms with E-state index in [0.717, 1.165) is 51.5 Å². The SMILES string of the molecule is C=CCN(CCCC(NCC)(OCC)OCC)CCC[Si](OCC)(OCC)OCC. The molecule has 0 aliphatic heterocycles. The third-order valence-corrected chi connectivity index (χ3v) is 7.77. The average molecular weight is 449 g/mol. The first-order valence-electron chi connectivity index (χ1n) is 11.8. The summed E-state index contributed by atoms with van der Waals surface area (Å²) >= 11 is 0. The van der Waals surface area contributed by atoms with Gasteiger partial charge in [0, 0.05) is 52.0 Å². The molecule has 0 radical (unpaired) electrons. The third-order valence-electron chi connectivity index (χ3n) is 4.62. The Hall–Kier alpha value is -0.323. The van der Waals surface area contributed by atoms with Crippen molar-refractivity contribution in [2.45, 2.75) is 72.8 Å². The molecular weight excluding hydrogens is 400 g/mol. The van der Waals surface area contributed by atoms with E-state index < -0.39 is 14.7 Å².